The van der Waals surface area contributed by atoms with Crippen molar-refractivity contribution in [1.29, 1.82) is 0 Å². The van der Waals surface area contributed by atoms with Crippen LogP contribution >= 0.6 is 0 Å². The number of hydrogen-bond acceptors (Lipinski definition) is 5. The normalized spacial score (nSPS) is 10.7. The standard InChI is InChI=1S/C13H15N5O3/c1-8(2)11-14-12(16-15-11)13(19)17(3)9-4-6-10(7-5-9)18(20)21/h4-8H,1-3H3,(H,14,15,16). The third-order valence-corrected chi connectivity index (χ3v) is 2.99. The van der Waals surface area contributed by atoms with Crippen molar-refractivity contribution < 1.29 is 9.72 Å². The maximum Gasteiger partial charge on any atom is 0.297 e. The summed E-state index contributed by atoms with van der Waals surface area (Å²) in [7, 11) is 1.56. The fourth-order valence-electron chi connectivity index (χ4n) is 1.69. The van der Waals surface area contributed by atoms with Crippen molar-refractivity contribution in [3.8, 4) is 0 Å². The molecule has 0 unspecified atom stereocenters. The van der Waals surface area contributed by atoms with E-state index in [-0.39, 0.29) is 23.3 Å². The number of benzene rings is 1. The maximum atomic E-state index is 12.2. The number of amides is 1. The van der Waals surface area contributed by atoms with E-state index in [9.17, 15) is 14.9 Å². The van der Waals surface area contributed by atoms with Gasteiger partial charge < -0.3 is 4.90 Å². The van der Waals surface area contributed by atoms with Gasteiger partial charge in [0, 0.05) is 30.8 Å². The lowest BCUT2D eigenvalue weighted by atomic mass is 10.2. The number of nitro benzene ring substituents is 1. The van der Waals surface area contributed by atoms with Gasteiger partial charge in [-0.05, 0) is 12.1 Å². The van der Waals surface area contributed by atoms with Gasteiger partial charge in [0.15, 0.2) is 0 Å². The van der Waals surface area contributed by atoms with E-state index in [0.717, 1.165) is 0 Å². The van der Waals surface area contributed by atoms with Crippen LogP contribution in [0.15, 0.2) is 24.3 Å². The van der Waals surface area contributed by atoms with Crippen LogP contribution in [0.5, 0.6) is 0 Å². The van der Waals surface area contributed by atoms with Crippen LogP contribution in [-0.2, 0) is 0 Å². The summed E-state index contributed by atoms with van der Waals surface area (Å²) in [6, 6.07) is 5.70. The summed E-state index contributed by atoms with van der Waals surface area (Å²) in [6.07, 6.45) is 0. The number of carbonyl (C=O) groups excluding carboxylic acids is 1. The Morgan fingerprint density at radius 1 is 1.33 bits per heavy atom. The van der Waals surface area contributed by atoms with Gasteiger partial charge in [-0.15, -0.1) is 5.10 Å². The van der Waals surface area contributed by atoms with Gasteiger partial charge in [0.25, 0.3) is 11.6 Å². The highest BCUT2D eigenvalue weighted by Gasteiger charge is 2.19. The third kappa shape index (κ3) is 3.04. The summed E-state index contributed by atoms with van der Waals surface area (Å²) in [5, 5.41) is 17.2. The largest absolute Gasteiger partial charge is 0.309 e. The van der Waals surface area contributed by atoms with Crippen molar-refractivity contribution in [3.63, 3.8) is 0 Å². The minimum atomic E-state index is -0.490. The molecule has 0 fully saturated rings. The van der Waals surface area contributed by atoms with Gasteiger partial charge in [0.1, 0.15) is 5.82 Å². The molecule has 0 atom stereocenters. The van der Waals surface area contributed by atoms with Crippen molar-refractivity contribution in [2.24, 2.45) is 0 Å². The van der Waals surface area contributed by atoms with E-state index in [1.54, 1.807) is 7.05 Å². The predicted octanol–water partition coefficient (Wildman–Crippen LogP) is 2.11. The predicted molar refractivity (Wildman–Crippen MR) is 76.3 cm³/mol. The van der Waals surface area contributed by atoms with Crippen molar-refractivity contribution in [3.05, 3.63) is 46.0 Å². The molecule has 0 aliphatic rings. The number of aromatic nitrogens is 3. The Labute approximate surface area is 121 Å². The third-order valence-electron chi connectivity index (χ3n) is 2.99. The Morgan fingerprint density at radius 2 is 1.95 bits per heavy atom. The van der Waals surface area contributed by atoms with Crippen LogP contribution in [0.2, 0.25) is 0 Å². The van der Waals surface area contributed by atoms with Gasteiger partial charge in [0.2, 0.25) is 5.82 Å². The highest BCUT2D eigenvalue weighted by molar-refractivity contribution is 6.03. The average molecular weight is 289 g/mol. The van der Waals surface area contributed by atoms with Crippen LogP contribution in [0.3, 0.4) is 0 Å². The quantitative estimate of drug-likeness (QED) is 0.685. The fraction of sp³-hybridized carbons (Fsp3) is 0.308. The van der Waals surface area contributed by atoms with Gasteiger partial charge in [-0.3, -0.25) is 20.0 Å². The molecule has 1 N–H and O–H groups in total. The lowest BCUT2D eigenvalue weighted by Gasteiger charge is -2.14. The molecule has 0 aliphatic carbocycles. The van der Waals surface area contributed by atoms with Crippen LogP contribution in [-0.4, -0.2) is 33.1 Å². The first-order chi connectivity index (χ1) is 9.90. The van der Waals surface area contributed by atoms with Gasteiger partial charge >= 0.3 is 0 Å². The molecule has 8 nitrogen and oxygen atoms in total. The second-order valence-corrected chi connectivity index (χ2v) is 4.84. The molecule has 0 saturated carbocycles. The average Bonchev–Trinajstić information content (AvgIpc) is 2.96. The van der Waals surface area contributed by atoms with Crippen molar-refractivity contribution in [1.82, 2.24) is 15.2 Å². The molecule has 8 heteroatoms. The number of non-ortho nitro benzene ring substituents is 1. The zero-order valence-corrected chi connectivity index (χ0v) is 11.9. The first kappa shape index (κ1) is 14.6. The summed E-state index contributed by atoms with van der Waals surface area (Å²) in [5.74, 6) is 0.464. The smallest absolute Gasteiger partial charge is 0.297 e. The second-order valence-electron chi connectivity index (χ2n) is 4.84. The van der Waals surface area contributed by atoms with Crippen LogP contribution in [0.1, 0.15) is 36.2 Å². The molecule has 1 amide bonds. The number of nitro groups is 1. The molecule has 2 rings (SSSR count). The Hall–Kier alpha value is -2.77. The lowest BCUT2D eigenvalue weighted by Crippen LogP contribution is -2.27. The Kier molecular flexibility index (Phi) is 3.97. The zero-order valence-electron chi connectivity index (χ0n) is 11.9. The topological polar surface area (TPSA) is 105 Å². The Balaban J connectivity index is 2.19. The van der Waals surface area contributed by atoms with Gasteiger partial charge in [-0.2, -0.15) is 0 Å². The minimum absolute atomic E-state index is 0.0282. The molecule has 0 bridgehead atoms. The first-order valence-electron chi connectivity index (χ1n) is 6.35. The number of nitrogens with zero attached hydrogens (tertiary/aromatic N) is 4. The van der Waals surface area contributed by atoms with Gasteiger partial charge in [-0.25, -0.2) is 4.98 Å². The van der Waals surface area contributed by atoms with E-state index < -0.39 is 4.92 Å². The SMILES string of the molecule is CC(C)c1nc(C(=O)N(C)c2ccc([N+](=O)[O-])cc2)n[nH]1. The molecule has 2 aromatic rings. The summed E-state index contributed by atoms with van der Waals surface area (Å²) in [6.45, 7) is 3.88. The van der Waals surface area contributed by atoms with E-state index in [2.05, 4.69) is 15.2 Å². The number of H-pyrrole nitrogens is 1. The van der Waals surface area contributed by atoms with Crippen molar-refractivity contribution in [2.45, 2.75) is 19.8 Å². The molecular weight excluding hydrogens is 274 g/mol. The molecule has 0 aliphatic heterocycles. The number of anilines is 1. The maximum absolute atomic E-state index is 12.2. The molecule has 0 saturated heterocycles. The van der Waals surface area contributed by atoms with E-state index in [4.69, 9.17) is 0 Å². The van der Waals surface area contributed by atoms with E-state index in [1.165, 1.54) is 29.2 Å². The summed E-state index contributed by atoms with van der Waals surface area (Å²) in [5.41, 5.74) is 0.501. The summed E-state index contributed by atoms with van der Waals surface area (Å²) < 4.78 is 0. The molecule has 1 aromatic carbocycles. The highest BCUT2D eigenvalue weighted by Crippen LogP contribution is 2.19. The molecule has 1 aromatic heterocycles. The first-order valence-corrected chi connectivity index (χ1v) is 6.35. The van der Waals surface area contributed by atoms with Crippen molar-refractivity contribution >= 4 is 17.3 Å². The van der Waals surface area contributed by atoms with Crippen LogP contribution < -0.4 is 4.90 Å². The highest BCUT2D eigenvalue weighted by atomic mass is 16.6. The van der Waals surface area contributed by atoms with E-state index in [0.29, 0.717) is 11.5 Å². The molecule has 0 radical (unpaired) electrons. The van der Waals surface area contributed by atoms with Gasteiger partial charge in [0.05, 0.1) is 4.92 Å². The molecule has 110 valence electrons. The van der Waals surface area contributed by atoms with Crippen LogP contribution in [0.25, 0.3) is 0 Å². The molecular formula is C13H15N5O3. The van der Waals surface area contributed by atoms with Crippen LogP contribution in [0, 0.1) is 10.1 Å². The minimum Gasteiger partial charge on any atom is -0.309 e. The lowest BCUT2D eigenvalue weighted by molar-refractivity contribution is -0.384. The second kappa shape index (κ2) is 5.70. The number of carbonyl (C=O) groups is 1. The van der Waals surface area contributed by atoms with Crippen LogP contribution in [0.4, 0.5) is 11.4 Å². The summed E-state index contributed by atoms with van der Waals surface area (Å²) in [4.78, 5) is 27.8. The number of rotatable bonds is 4. The Bertz CT molecular complexity index is 663. The Morgan fingerprint density at radius 3 is 2.43 bits per heavy atom. The zero-order chi connectivity index (χ0) is 15.6. The molecule has 21 heavy (non-hydrogen) atoms. The fourth-order valence-corrected chi connectivity index (χ4v) is 1.69. The van der Waals surface area contributed by atoms with Crippen molar-refractivity contribution in [2.75, 3.05) is 11.9 Å². The number of hydrogen-bond donors (Lipinski definition) is 1. The van der Waals surface area contributed by atoms with E-state index >= 15 is 0 Å². The molecule has 0 spiro atoms. The summed E-state index contributed by atoms with van der Waals surface area (Å²) >= 11 is 0. The molecule has 1 heterocycles. The van der Waals surface area contributed by atoms with E-state index in [1.807, 2.05) is 13.8 Å². The van der Waals surface area contributed by atoms with Gasteiger partial charge in [-0.1, -0.05) is 13.8 Å². The monoisotopic (exact) mass is 289 g/mol. The number of nitrogens with one attached hydrogen (secondary N) is 1. The number of aromatic amines is 1.